The normalized spacial score (nSPS) is 9.85. The number of hydrogen-bond acceptors (Lipinski definition) is 1. The fraction of sp³-hybridized carbons (Fsp3) is 0. The maximum absolute atomic E-state index is 5.70. The summed E-state index contributed by atoms with van der Waals surface area (Å²) in [5.41, 5.74) is 8.87. The Morgan fingerprint density at radius 2 is 1.38 bits per heavy atom. The number of benzene rings is 2. The lowest BCUT2D eigenvalue weighted by atomic mass is 10.2. The predicted octanol–water partition coefficient (Wildman–Crippen LogP) is 2.94. The maximum atomic E-state index is 5.70. The number of hydrogen-bond donors (Lipinski definition) is 1. The van der Waals surface area contributed by atoms with Gasteiger partial charge in [-0.3, -0.25) is 0 Å². The molecule has 0 atom stereocenters. The van der Waals surface area contributed by atoms with Gasteiger partial charge < -0.3 is 5.73 Å². The lowest BCUT2D eigenvalue weighted by Gasteiger charge is -2.01. The van der Waals surface area contributed by atoms with Crippen LogP contribution in [0.15, 0.2) is 54.6 Å². The Morgan fingerprint density at radius 3 is 2.08 bits per heavy atom. The first-order valence-electron chi connectivity index (χ1n) is 4.27. The molecule has 0 amide bonds. The highest BCUT2D eigenvalue weighted by Crippen LogP contribution is 2.20. The Balaban J connectivity index is 2.48. The molecule has 13 heavy (non-hydrogen) atoms. The summed E-state index contributed by atoms with van der Waals surface area (Å²) >= 11 is 0. The lowest BCUT2D eigenvalue weighted by molar-refractivity contribution is 1.61. The van der Waals surface area contributed by atoms with Crippen molar-refractivity contribution in [1.82, 2.24) is 0 Å². The van der Waals surface area contributed by atoms with Crippen LogP contribution in [0, 0.1) is 0 Å². The van der Waals surface area contributed by atoms with Gasteiger partial charge in [-0.2, -0.15) is 0 Å². The van der Waals surface area contributed by atoms with Gasteiger partial charge in [0.15, 0.2) is 0 Å². The topological polar surface area (TPSA) is 26.0 Å². The molecule has 1 nitrogen and oxygen atoms in total. The van der Waals surface area contributed by atoms with Crippen LogP contribution in [-0.4, -0.2) is 0 Å². The van der Waals surface area contributed by atoms with Gasteiger partial charge in [-0.1, -0.05) is 42.5 Å². The molecule has 2 aromatic carbocycles. The second-order valence-corrected chi connectivity index (χ2v) is 2.99. The van der Waals surface area contributed by atoms with Gasteiger partial charge in [0.25, 0.3) is 0 Å². The zero-order valence-corrected chi connectivity index (χ0v) is 7.27. The van der Waals surface area contributed by atoms with Crippen LogP contribution in [0.2, 0.25) is 0 Å². The predicted molar refractivity (Wildman–Crippen MR) is 56.3 cm³/mol. The van der Waals surface area contributed by atoms with E-state index >= 15 is 0 Å². The van der Waals surface area contributed by atoms with Crippen molar-refractivity contribution < 1.29 is 0 Å². The van der Waals surface area contributed by atoms with E-state index < -0.39 is 0 Å². The Labute approximate surface area is 77.8 Å². The molecule has 2 aromatic rings. The SMILES string of the molecule is Nc1cccc(-[13c]2[13cH][13cH][13cH][13cH][13cH]2)c1. The Bertz CT molecular complexity index is 393. The lowest BCUT2D eigenvalue weighted by Crippen LogP contribution is -1.84. The summed E-state index contributed by atoms with van der Waals surface area (Å²) in [6.45, 7) is 0. The van der Waals surface area contributed by atoms with Gasteiger partial charge in [0.05, 0.1) is 0 Å². The van der Waals surface area contributed by atoms with Gasteiger partial charge in [0.2, 0.25) is 0 Å². The minimum Gasteiger partial charge on any atom is -0.399 e. The number of anilines is 1. The molecule has 0 bridgehead atoms. The van der Waals surface area contributed by atoms with Crippen molar-refractivity contribution in [2.75, 3.05) is 5.73 Å². The molecule has 0 aliphatic rings. The molecule has 64 valence electrons. The van der Waals surface area contributed by atoms with Gasteiger partial charge in [-0.15, -0.1) is 0 Å². The fourth-order valence-corrected chi connectivity index (χ4v) is 1.35. The van der Waals surface area contributed by atoms with Crippen LogP contribution in [0.1, 0.15) is 0 Å². The van der Waals surface area contributed by atoms with Crippen molar-refractivity contribution >= 4 is 5.69 Å². The van der Waals surface area contributed by atoms with Crippen molar-refractivity contribution in [2.45, 2.75) is 0 Å². The van der Waals surface area contributed by atoms with Crippen molar-refractivity contribution in [1.29, 1.82) is 0 Å². The first-order valence-corrected chi connectivity index (χ1v) is 4.27. The van der Waals surface area contributed by atoms with E-state index in [2.05, 4.69) is 18.2 Å². The summed E-state index contributed by atoms with van der Waals surface area (Å²) in [5.74, 6) is 0. The Kier molecular flexibility index (Phi) is 2.01. The van der Waals surface area contributed by atoms with Crippen LogP contribution in [0.3, 0.4) is 0 Å². The van der Waals surface area contributed by atoms with Crippen LogP contribution < -0.4 is 5.73 Å². The monoisotopic (exact) mass is 175 g/mol. The van der Waals surface area contributed by atoms with E-state index in [9.17, 15) is 0 Å². The van der Waals surface area contributed by atoms with E-state index in [0.29, 0.717) is 0 Å². The minimum atomic E-state index is 0.807. The Hall–Kier alpha value is -1.76. The van der Waals surface area contributed by atoms with Crippen molar-refractivity contribution in [3.05, 3.63) is 54.6 Å². The molecule has 0 aliphatic carbocycles. The summed E-state index contributed by atoms with van der Waals surface area (Å²) in [7, 11) is 0. The third-order valence-corrected chi connectivity index (χ3v) is 1.99. The molecule has 0 aromatic heterocycles. The van der Waals surface area contributed by atoms with E-state index in [1.54, 1.807) is 0 Å². The van der Waals surface area contributed by atoms with Crippen LogP contribution in [0.4, 0.5) is 5.69 Å². The smallest absolute Gasteiger partial charge is 0.0320 e. The molecule has 0 saturated heterocycles. The van der Waals surface area contributed by atoms with E-state index in [-0.39, 0.29) is 0 Å². The molecule has 0 radical (unpaired) electrons. The van der Waals surface area contributed by atoms with Crippen LogP contribution >= 0.6 is 0 Å². The zero-order valence-electron chi connectivity index (χ0n) is 7.27. The highest BCUT2D eigenvalue weighted by Gasteiger charge is 1.94. The molecule has 0 fully saturated rings. The molecule has 1 heteroatoms. The molecule has 0 unspecified atom stereocenters. The summed E-state index contributed by atoms with van der Waals surface area (Å²) in [4.78, 5) is 0. The summed E-state index contributed by atoms with van der Waals surface area (Å²) in [6.07, 6.45) is 0. The van der Waals surface area contributed by atoms with Crippen LogP contribution in [0.25, 0.3) is 11.1 Å². The number of rotatable bonds is 1. The van der Waals surface area contributed by atoms with Gasteiger partial charge in [0, 0.05) is 5.69 Å². The molecule has 0 spiro atoms. The quantitative estimate of drug-likeness (QED) is 0.662. The third-order valence-electron chi connectivity index (χ3n) is 1.99. The van der Waals surface area contributed by atoms with Crippen LogP contribution in [-0.2, 0) is 0 Å². The summed E-state index contributed by atoms with van der Waals surface area (Å²) in [5, 5.41) is 0. The number of nitrogens with two attached hydrogens (primary N) is 1. The molecule has 0 saturated carbocycles. The minimum absolute atomic E-state index is 0.807. The highest BCUT2D eigenvalue weighted by molar-refractivity contribution is 5.66. The summed E-state index contributed by atoms with van der Waals surface area (Å²) < 4.78 is 0. The van der Waals surface area contributed by atoms with Gasteiger partial charge in [0.1, 0.15) is 0 Å². The second kappa shape index (κ2) is 3.31. The average molecular weight is 175 g/mol. The van der Waals surface area contributed by atoms with Gasteiger partial charge >= 0.3 is 0 Å². The van der Waals surface area contributed by atoms with Crippen LogP contribution in [0.5, 0.6) is 0 Å². The van der Waals surface area contributed by atoms with E-state index in [4.69, 9.17) is 5.73 Å². The van der Waals surface area contributed by atoms with Crippen molar-refractivity contribution in [2.24, 2.45) is 0 Å². The average Bonchev–Trinajstić information content (AvgIpc) is 2.19. The summed E-state index contributed by atoms with van der Waals surface area (Å²) in [6, 6.07) is 18.1. The highest BCUT2D eigenvalue weighted by atomic mass is 14.7. The van der Waals surface area contributed by atoms with E-state index in [1.807, 2.05) is 36.4 Å². The molecular formula is C12H11N. The van der Waals surface area contributed by atoms with E-state index in [1.165, 1.54) is 11.1 Å². The van der Waals surface area contributed by atoms with E-state index in [0.717, 1.165) is 5.69 Å². The molecule has 2 N–H and O–H groups in total. The Morgan fingerprint density at radius 1 is 0.692 bits per heavy atom. The molecule has 2 rings (SSSR count). The second-order valence-electron chi connectivity index (χ2n) is 2.99. The molecule has 0 heterocycles. The largest absolute Gasteiger partial charge is 0.399 e. The molecular weight excluding hydrogens is 164 g/mol. The first kappa shape index (κ1) is 7.87. The standard InChI is InChI=1S/C12H11N/c13-12-8-4-7-11(9-12)10-5-2-1-3-6-10/h1-9H,13H2/i1+1,2+1,3+1,5+1,6+1,10+1. The zero-order chi connectivity index (χ0) is 9.10. The van der Waals surface area contributed by atoms with Gasteiger partial charge in [-0.05, 0) is 23.3 Å². The molecule has 0 aliphatic heterocycles. The van der Waals surface area contributed by atoms with Gasteiger partial charge in [-0.25, -0.2) is 0 Å². The van der Waals surface area contributed by atoms with Crippen molar-refractivity contribution in [3.63, 3.8) is 0 Å². The first-order chi connectivity index (χ1) is 6.36. The van der Waals surface area contributed by atoms with Crippen molar-refractivity contribution in [3.8, 4) is 11.1 Å². The third kappa shape index (κ3) is 1.70. The fourth-order valence-electron chi connectivity index (χ4n) is 1.35. The maximum Gasteiger partial charge on any atom is 0.0320 e. The number of nitrogen functional groups attached to an aromatic ring is 1.